The first kappa shape index (κ1) is 16.1. The Bertz CT molecular complexity index is 817. The van der Waals surface area contributed by atoms with Gasteiger partial charge in [0.2, 0.25) is 11.8 Å². The SMILES string of the molecule is CNC(=O)C1(C(=O)N2CC(OCc3cccc4ccccc34)C2)CC1. The second kappa shape index (κ2) is 6.15. The van der Waals surface area contributed by atoms with E-state index < -0.39 is 5.41 Å². The minimum absolute atomic E-state index is 0.0446. The van der Waals surface area contributed by atoms with Gasteiger partial charge in [0.15, 0.2) is 0 Å². The molecule has 0 spiro atoms. The minimum atomic E-state index is -0.796. The number of nitrogens with one attached hydrogen (secondary N) is 1. The van der Waals surface area contributed by atoms with Crippen LogP contribution in [0.1, 0.15) is 18.4 Å². The summed E-state index contributed by atoms with van der Waals surface area (Å²) in [5.74, 6) is -0.200. The van der Waals surface area contributed by atoms with E-state index in [1.807, 2.05) is 18.2 Å². The monoisotopic (exact) mass is 338 g/mol. The second-order valence-electron chi connectivity index (χ2n) is 6.94. The maximum atomic E-state index is 12.5. The number of hydrogen-bond donors (Lipinski definition) is 1. The van der Waals surface area contributed by atoms with E-state index in [1.165, 1.54) is 10.8 Å². The van der Waals surface area contributed by atoms with Crippen molar-refractivity contribution in [2.24, 2.45) is 5.41 Å². The molecule has 5 heteroatoms. The van der Waals surface area contributed by atoms with Crippen LogP contribution in [0.25, 0.3) is 10.8 Å². The number of ether oxygens (including phenoxy) is 1. The number of amides is 2. The third kappa shape index (κ3) is 2.78. The predicted molar refractivity (Wildman–Crippen MR) is 94.8 cm³/mol. The number of rotatable bonds is 5. The molecule has 1 heterocycles. The number of hydrogen-bond acceptors (Lipinski definition) is 3. The maximum absolute atomic E-state index is 12.5. The molecular formula is C20H22N2O3. The Morgan fingerprint density at radius 1 is 1.16 bits per heavy atom. The molecule has 2 aliphatic rings. The lowest BCUT2D eigenvalue weighted by Crippen LogP contribution is -2.58. The van der Waals surface area contributed by atoms with E-state index in [4.69, 9.17) is 4.74 Å². The normalized spacial score (nSPS) is 18.7. The van der Waals surface area contributed by atoms with Crippen molar-refractivity contribution in [1.82, 2.24) is 10.2 Å². The third-order valence-electron chi connectivity index (χ3n) is 5.31. The van der Waals surface area contributed by atoms with Crippen molar-refractivity contribution in [1.29, 1.82) is 0 Å². The zero-order valence-electron chi connectivity index (χ0n) is 14.3. The van der Waals surface area contributed by atoms with Gasteiger partial charge >= 0.3 is 0 Å². The Kier molecular flexibility index (Phi) is 3.96. The first-order valence-corrected chi connectivity index (χ1v) is 8.74. The topological polar surface area (TPSA) is 58.6 Å². The maximum Gasteiger partial charge on any atom is 0.238 e. The Morgan fingerprint density at radius 3 is 2.60 bits per heavy atom. The summed E-state index contributed by atoms with van der Waals surface area (Å²) in [6.45, 7) is 1.68. The zero-order valence-corrected chi connectivity index (χ0v) is 14.3. The fourth-order valence-electron chi connectivity index (χ4n) is 3.54. The van der Waals surface area contributed by atoms with Gasteiger partial charge in [-0.15, -0.1) is 0 Å². The molecule has 25 heavy (non-hydrogen) atoms. The molecule has 0 unspecified atom stereocenters. The molecule has 2 fully saturated rings. The summed E-state index contributed by atoms with van der Waals surface area (Å²) < 4.78 is 5.98. The van der Waals surface area contributed by atoms with Crippen molar-refractivity contribution in [2.45, 2.75) is 25.6 Å². The van der Waals surface area contributed by atoms with Crippen molar-refractivity contribution >= 4 is 22.6 Å². The summed E-state index contributed by atoms with van der Waals surface area (Å²) in [5, 5.41) is 5.02. The molecular weight excluding hydrogens is 316 g/mol. The largest absolute Gasteiger partial charge is 0.370 e. The lowest BCUT2D eigenvalue weighted by molar-refractivity contribution is -0.155. The van der Waals surface area contributed by atoms with Gasteiger partial charge in [-0.1, -0.05) is 42.5 Å². The average Bonchev–Trinajstić information content (AvgIpc) is 3.41. The molecule has 2 aromatic carbocycles. The smallest absolute Gasteiger partial charge is 0.238 e. The fraction of sp³-hybridized carbons (Fsp3) is 0.400. The van der Waals surface area contributed by atoms with Crippen molar-refractivity contribution in [2.75, 3.05) is 20.1 Å². The van der Waals surface area contributed by atoms with Gasteiger partial charge in [0, 0.05) is 20.1 Å². The summed E-state index contributed by atoms with van der Waals surface area (Å²) in [5.41, 5.74) is 0.363. The Balaban J connectivity index is 1.33. The molecule has 0 aromatic heterocycles. The number of benzene rings is 2. The van der Waals surface area contributed by atoms with Crippen LogP contribution < -0.4 is 5.32 Å². The summed E-state index contributed by atoms with van der Waals surface area (Å²) in [6, 6.07) is 14.5. The van der Waals surface area contributed by atoms with E-state index in [0.717, 1.165) is 5.56 Å². The Labute approximate surface area is 146 Å². The molecule has 1 N–H and O–H groups in total. The van der Waals surface area contributed by atoms with Crippen molar-refractivity contribution in [3.63, 3.8) is 0 Å². The minimum Gasteiger partial charge on any atom is -0.370 e. The quantitative estimate of drug-likeness (QED) is 0.850. The van der Waals surface area contributed by atoms with Gasteiger partial charge < -0.3 is 15.0 Å². The van der Waals surface area contributed by atoms with Crippen molar-refractivity contribution in [3.05, 3.63) is 48.0 Å². The molecule has 1 aliphatic heterocycles. The third-order valence-corrected chi connectivity index (χ3v) is 5.31. The number of carbonyl (C=O) groups excluding carboxylic acids is 2. The van der Waals surface area contributed by atoms with Crippen LogP contribution in [0, 0.1) is 5.41 Å². The number of likely N-dealkylation sites (tertiary alicyclic amines) is 1. The zero-order chi connectivity index (χ0) is 17.4. The van der Waals surface area contributed by atoms with Crippen molar-refractivity contribution < 1.29 is 14.3 Å². The van der Waals surface area contributed by atoms with E-state index in [9.17, 15) is 9.59 Å². The van der Waals surface area contributed by atoms with Crippen LogP contribution in [0.3, 0.4) is 0 Å². The standard InChI is InChI=1S/C20H22N2O3/c1-21-18(23)20(9-10-20)19(24)22-11-16(12-22)25-13-15-7-4-6-14-5-2-3-8-17(14)15/h2-8,16H,9-13H2,1H3,(H,21,23). The molecule has 0 radical (unpaired) electrons. The summed E-state index contributed by atoms with van der Waals surface area (Å²) in [7, 11) is 1.59. The number of nitrogens with zero attached hydrogens (tertiary/aromatic N) is 1. The lowest BCUT2D eigenvalue weighted by atomic mass is 10.0. The highest BCUT2D eigenvalue weighted by Gasteiger charge is 2.59. The first-order chi connectivity index (χ1) is 12.1. The fourth-order valence-corrected chi connectivity index (χ4v) is 3.54. The molecule has 130 valence electrons. The van der Waals surface area contributed by atoms with Crippen LogP contribution in [0.5, 0.6) is 0 Å². The summed E-state index contributed by atoms with van der Waals surface area (Å²) in [4.78, 5) is 26.2. The molecule has 5 nitrogen and oxygen atoms in total. The molecule has 2 amide bonds. The van der Waals surface area contributed by atoms with Crippen LogP contribution >= 0.6 is 0 Å². The Morgan fingerprint density at radius 2 is 1.88 bits per heavy atom. The Hall–Kier alpha value is -2.40. The molecule has 1 aliphatic carbocycles. The van der Waals surface area contributed by atoms with Gasteiger partial charge in [-0.2, -0.15) is 0 Å². The molecule has 0 atom stereocenters. The molecule has 4 rings (SSSR count). The van der Waals surface area contributed by atoms with E-state index in [-0.39, 0.29) is 17.9 Å². The highest BCUT2D eigenvalue weighted by Crippen LogP contribution is 2.48. The van der Waals surface area contributed by atoms with Gasteiger partial charge in [0.25, 0.3) is 0 Å². The first-order valence-electron chi connectivity index (χ1n) is 8.74. The molecule has 1 saturated heterocycles. The highest BCUT2D eigenvalue weighted by molar-refractivity contribution is 6.08. The highest BCUT2D eigenvalue weighted by atomic mass is 16.5. The van der Waals surface area contributed by atoms with Gasteiger partial charge in [-0.3, -0.25) is 9.59 Å². The summed E-state index contributed by atoms with van der Waals surface area (Å²) >= 11 is 0. The lowest BCUT2D eigenvalue weighted by Gasteiger charge is -2.40. The van der Waals surface area contributed by atoms with Gasteiger partial charge in [0.05, 0.1) is 12.7 Å². The average molecular weight is 338 g/mol. The van der Waals surface area contributed by atoms with Crippen molar-refractivity contribution in [3.8, 4) is 0 Å². The number of fused-ring (bicyclic) bond motifs is 1. The molecule has 2 aromatic rings. The van der Waals surface area contributed by atoms with E-state index in [2.05, 4.69) is 29.6 Å². The van der Waals surface area contributed by atoms with Gasteiger partial charge in [-0.25, -0.2) is 0 Å². The molecule has 0 bridgehead atoms. The second-order valence-corrected chi connectivity index (χ2v) is 6.94. The van der Waals surface area contributed by atoms with E-state index >= 15 is 0 Å². The molecule has 1 saturated carbocycles. The van der Waals surface area contributed by atoms with Crippen LogP contribution in [0.2, 0.25) is 0 Å². The van der Waals surface area contributed by atoms with E-state index in [1.54, 1.807) is 11.9 Å². The van der Waals surface area contributed by atoms with Gasteiger partial charge in [-0.05, 0) is 29.2 Å². The van der Waals surface area contributed by atoms with E-state index in [0.29, 0.717) is 32.5 Å². The van der Waals surface area contributed by atoms with Gasteiger partial charge in [0.1, 0.15) is 5.41 Å². The van der Waals surface area contributed by atoms with Crippen LogP contribution in [0.15, 0.2) is 42.5 Å². The number of carbonyl (C=O) groups is 2. The van der Waals surface area contributed by atoms with Crippen LogP contribution in [-0.2, 0) is 20.9 Å². The van der Waals surface area contributed by atoms with Crippen LogP contribution in [-0.4, -0.2) is 43.0 Å². The summed E-state index contributed by atoms with van der Waals surface area (Å²) in [6.07, 6.45) is 1.36. The van der Waals surface area contributed by atoms with Crippen LogP contribution in [0.4, 0.5) is 0 Å². The predicted octanol–water partition coefficient (Wildman–Crippen LogP) is 2.09.